The van der Waals surface area contributed by atoms with Crippen LogP contribution in [0.4, 0.5) is 4.39 Å². The predicted octanol–water partition coefficient (Wildman–Crippen LogP) is 1.98. The van der Waals surface area contributed by atoms with Gasteiger partial charge in [0.05, 0.1) is 12.1 Å². The summed E-state index contributed by atoms with van der Waals surface area (Å²) in [4.78, 5) is 3.95. The van der Waals surface area contributed by atoms with Gasteiger partial charge in [-0.25, -0.2) is 9.37 Å². The molecule has 2 rings (SSSR count). The highest BCUT2D eigenvalue weighted by Gasteiger charge is 2.07. The summed E-state index contributed by atoms with van der Waals surface area (Å²) >= 11 is 0. The van der Waals surface area contributed by atoms with Gasteiger partial charge in [0.2, 0.25) is 0 Å². The van der Waals surface area contributed by atoms with Crippen LogP contribution in [0.5, 0.6) is 5.75 Å². The van der Waals surface area contributed by atoms with Crippen molar-refractivity contribution in [2.45, 2.75) is 6.61 Å². The standard InChI is InChI=1S/C16H12FN3O/c17-14-5-6-16(12(9-14)3-1-7-18)21-11-13-4-2-8-20-15(13)10-19/h2,4-6,8-9H,7,11,18H2. The maximum Gasteiger partial charge on any atom is 0.147 e. The largest absolute Gasteiger partial charge is 0.487 e. The number of pyridine rings is 1. The maximum atomic E-state index is 13.2. The second kappa shape index (κ2) is 7.04. The first kappa shape index (κ1) is 14.5. The number of benzene rings is 1. The van der Waals surface area contributed by atoms with Gasteiger partial charge in [0.1, 0.15) is 29.9 Å². The van der Waals surface area contributed by atoms with Gasteiger partial charge < -0.3 is 10.5 Å². The van der Waals surface area contributed by atoms with E-state index < -0.39 is 5.82 Å². The average molecular weight is 281 g/mol. The maximum absolute atomic E-state index is 13.2. The number of nitriles is 1. The molecule has 0 atom stereocenters. The van der Waals surface area contributed by atoms with E-state index in [0.29, 0.717) is 22.6 Å². The van der Waals surface area contributed by atoms with Crippen molar-refractivity contribution in [2.75, 3.05) is 6.54 Å². The van der Waals surface area contributed by atoms with Crippen LogP contribution in [0, 0.1) is 29.0 Å². The molecular formula is C16H12FN3O. The summed E-state index contributed by atoms with van der Waals surface area (Å²) in [6.45, 7) is 0.330. The minimum atomic E-state index is -0.400. The van der Waals surface area contributed by atoms with Crippen molar-refractivity contribution in [2.24, 2.45) is 5.73 Å². The number of aromatic nitrogens is 1. The first-order valence-corrected chi connectivity index (χ1v) is 6.20. The van der Waals surface area contributed by atoms with Crippen LogP contribution in [0.2, 0.25) is 0 Å². The Kier molecular flexibility index (Phi) is 4.87. The summed E-state index contributed by atoms with van der Waals surface area (Å²) in [7, 11) is 0. The van der Waals surface area contributed by atoms with Crippen molar-refractivity contribution in [1.82, 2.24) is 4.98 Å². The van der Waals surface area contributed by atoms with E-state index >= 15 is 0 Å². The van der Waals surface area contributed by atoms with Crippen molar-refractivity contribution in [1.29, 1.82) is 5.26 Å². The van der Waals surface area contributed by atoms with Crippen LogP contribution in [0.25, 0.3) is 0 Å². The molecule has 104 valence electrons. The molecule has 0 aliphatic heterocycles. The van der Waals surface area contributed by atoms with Gasteiger partial charge in [-0.05, 0) is 24.3 Å². The quantitative estimate of drug-likeness (QED) is 0.873. The van der Waals surface area contributed by atoms with Gasteiger partial charge in [-0.15, -0.1) is 0 Å². The molecule has 5 heteroatoms. The van der Waals surface area contributed by atoms with Crippen LogP contribution in [-0.4, -0.2) is 11.5 Å². The first-order chi connectivity index (χ1) is 10.2. The Morgan fingerprint density at radius 3 is 2.95 bits per heavy atom. The lowest BCUT2D eigenvalue weighted by atomic mass is 10.2. The molecule has 0 aliphatic rings. The molecule has 1 heterocycles. The topological polar surface area (TPSA) is 71.9 Å². The van der Waals surface area contributed by atoms with E-state index in [-0.39, 0.29) is 13.2 Å². The van der Waals surface area contributed by atoms with Crippen molar-refractivity contribution in [3.8, 4) is 23.7 Å². The van der Waals surface area contributed by atoms with Crippen LogP contribution < -0.4 is 10.5 Å². The summed E-state index contributed by atoms with van der Waals surface area (Å²) in [5, 5.41) is 8.97. The number of rotatable bonds is 3. The lowest BCUT2D eigenvalue weighted by Gasteiger charge is -2.09. The van der Waals surface area contributed by atoms with E-state index in [4.69, 9.17) is 15.7 Å². The summed E-state index contributed by atoms with van der Waals surface area (Å²) in [5.74, 6) is 5.45. The molecule has 1 aromatic carbocycles. The normalized spacial score (nSPS) is 9.38. The van der Waals surface area contributed by atoms with Gasteiger partial charge in [0.25, 0.3) is 0 Å². The molecule has 1 aromatic heterocycles. The van der Waals surface area contributed by atoms with Gasteiger partial charge >= 0.3 is 0 Å². The zero-order chi connectivity index (χ0) is 15.1. The molecule has 0 saturated heterocycles. The van der Waals surface area contributed by atoms with Crippen LogP contribution in [0.3, 0.4) is 0 Å². The third kappa shape index (κ3) is 3.79. The van der Waals surface area contributed by atoms with E-state index in [1.165, 1.54) is 24.4 Å². The van der Waals surface area contributed by atoms with Gasteiger partial charge in [0, 0.05) is 11.8 Å². The molecule has 0 fully saturated rings. The molecular weight excluding hydrogens is 269 g/mol. The molecule has 21 heavy (non-hydrogen) atoms. The number of halogens is 1. The number of hydrogen-bond donors (Lipinski definition) is 1. The Labute approximate surface area is 122 Å². The molecule has 2 aromatic rings. The Morgan fingerprint density at radius 2 is 2.19 bits per heavy atom. The van der Waals surface area contributed by atoms with Crippen molar-refractivity contribution >= 4 is 0 Å². The van der Waals surface area contributed by atoms with Crippen LogP contribution in [-0.2, 0) is 6.61 Å². The molecule has 0 amide bonds. The number of nitrogens with zero attached hydrogens (tertiary/aromatic N) is 2. The lowest BCUT2D eigenvalue weighted by Crippen LogP contribution is -2.01. The van der Waals surface area contributed by atoms with Crippen molar-refractivity contribution in [3.05, 3.63) is 59.2 Å². The molecule has 0 saturated carbocycles. The van der Waals surface area contributed by atoms with E-state index in [2.05, 4.69) is 16.8 Å². The fourth-order valence-electron chi connectivity index (χ4n) is 1.68. The SMILES string of the molecule is N#Cc1ncccc1COc1ccc(F)cc1C#CCN. The van der Waals surface area contributed by atoms with E-state index in [1.807, 2.05) is 6.07 Å². The van der Waals surface area contributed by atoms with Crippen molar-refractivity contribution in [3.63, 3.8) is 0 Å². The summed E-state index contributed by atoms with van der Waals surface area (Å²) in [6.07, 6.45) is 1.54. The zero-order valence-corrected chi connectivity index (χ0v) is 11.1. The van der Waals surface area contributed by atoms with Crippen LogP contribution in [0.15, 0.2) is 36.5 Å². The molecule has 0 unspecified atom stereocenters. The molecule has 0 bridgehead atoms. The first-order valence-electron chi connectivity index (χ1n) is 6.20. The summed E-state index contributed by atoms with van der Waals surface area (Å²) in [5.41, 5.74) is 6.69. The minimum absolute atomic E-state index is 0.152. The van der Waals surface area contributed by atoms with Gasteiger partial charge in [0.15, 0.2) is 0 Å². The third-order valence-corrected chi connectivity index (χ3v) is 2.65. The zero-order valence-electron chi connectivity index (χ0n) is 11.1. The highest BCUT2D eigenvalue weighted by molar-refractivity contribution is 5.46. The van der Waals surface area contributed by atoms with Crippen molar-refractivity contribution < 1.29 is 9.13 Å². The monoisotopic (exact) mass is 281 g/mol. The fourth-order valence-corrected chi connectivity index (χ4v) is 1.68. The Morgan fingerprint density at radius 1 is 1.33 bits per heavy atom. The number of ether oxygens (including phenoxy) is 1. The smallest absolute Gasteiger partial charge is 0.147 e. The highest BCUT2D eigenvalue weighted by atomic mass is 19.1. The van der Waals surface area contributed by atoms with E-state index in [0.717, 1.165) is 0 Å². The molecule has 0 radical (unpaired) electrons. The lowest BCUT2D eigenvalue weighted by molar-refractivity contribution is 0.304. The van der Waals surface area contributed by atoms with Crippen LogP contribution in [0.1, 0.15) is 16.8 Å². The van der Waals surface area contributed by atoms with E-state index in [9.17, 15) is 4.39 Å². The Bertz CT molecular complexity index is 741. The average Bonchev–Trinajstić information content (AvgIpc) is 2.52. The van der Waals surface area contributed by atoms with Gasteiger partial charge in [-0.1, -0.05) is 17.9 Å². The molecule has 2 N–H and O–H groups in total. The van der Waals surface area contributed by atoms with Crippen LogP contribution >= 0.6 is 0 Å². The summed E-state index contributed by atoms with van der Waals surface area (Å²) < 4.78 is 18.9. The van der Waals surface area contributed by atoms with E-state index in [1.54, 1.807) is 12.1 Å². The summed E-state index contributed by atoms with van der Waals surface area (Å²) in [6, 6.07) is 9.54. The molecule has 0 spiro atoms. The Hall–Kier alpha value is -2.89. The second-order valence-electron chi connectivity index (χ2n) is 4.06. The van der Waals surface area contributed by atoms with Gasteiger partial charge in [-0.2, -0.15) is 5.26 Å². The third-order valence-electron chi connectivity index (χ3n) is 2.65. The second-order valence-corrected chi connectivity index (χ2v) is 4.06. The molecule has 0 aliphatic carbocycles. The Balaban J connectivity index is 2.22. The fraction of sp³-hybridized carbons (Fsp3) is 0.125. The number of nitrogens with two attached hydrogens (primary N) is 1. The van der Waals surface area contributed by atoms with Gasteiger partial charge in [-0.3, -0.25) is 0 Å². The predicted molar refractivity (Wildman–Crippen MR) is 75.6 cm³/mol. The minimum Gasteiger partial charge on any atom is -0.487 e. The molecule has 4 nitrogen and oxygen atoms in total. The highest BCUT2D eigenvalue weighted by Crippen LogP contribution is 2.20. The number of hydrogen-bond acceptors (Lipinski definition) is 4.